The van der Waals surface area contributed by atoms with Crippen molar-refractivity contribution in [3.05, 3.63) is 72.8 Å². The molecule has 0 amide bonds. The number of hydrogen-bond donors (Lipinski definition) is 2. The van der Waals surface area contributed by atoms with Crippen LogP contribution >= 0.6 is 0 Å². The van der Waals surface area contributed by atoms with E-state index in [9.17, 15) is 0 Å². The van der Waals surface area contributed by atoms with Gasteiger partial charge in [0, 0.05) is 11.4 Å². The van der Waals surface area contributed by atoms with Gasteiger partial charge < -0.3 is 11.5 Å². The Balaban J connectivity index is 3.21. The largest absolute Gasteiger partial charge is 0.399 e. The van der Waals surface area contributed by atoms with Crippen molar-refractivity contribution in [1.29, 1.82) is 0 Å². The van der Waals surface area contributed by atoms with Crippen LogP contribution < -0.4 is 11.5 Å². The molecule has 4 N–H and O–H groups in total. The molecule has 0 radical (unpaired) electrons. The molecule has 1 rings (SSSR count). The Morgan fingerprint density at radius 1 is 0.438 bits per heavy atom. The molecule has 1 aromatic carbocycles. The minimum absolute atomic E-state index is 0.699. The highest BCUT2D eigenvalue weighted by molar-refractivity contribution is 5.36. The first-order chi connectivity index (χ1) is 7.79. The second-order valence-corrected chi connectivity index (χ2v) is 3.21. The summed E-state index contributed by atoms with van der Waals surface area (Å²) < 4.78 is 0. The summed E-state index contributed by atoms with van der Waals surface area (Å²) in [4.78, 5) is 0. The Kier molecular flexibility index (Phi) is 5.28. The van der Waals surface area contributed by atoms with E-state index >= 15 is 0 Å². The van der Waals surface area contributed by atoms with E-state index in [1.54, 1.807) is 0 Å². The normalized spacial score (nSPS) is 8.50. The first kappa shape index (κ1) is 11.9. The SMILES string of the molecule is Nc1ccccccccc(N)cccc1. The molecule has 0 aromatic heterocycles. The maximum absolute atomic E-state index is 5.72. The lowest BCUT2D eigenvalue weighted by atomic mass is 10.3. The second kappa shape index (κ2) is 7.12. The lowest BCUT2D eigenvalue weighted by Crippen LogP contribution is -1.79. The average molecular weight is 212 g/mol. The second-order valence-electron chi connectivity index (χ2n) is 3.21. The summed E-state index contributed by atoms with van der Waals surface area (Å²) >= 11 is 0. The van der Waals surface area contributed by atoms with E-state index in [1.807, 2.05) is 72.8 Å². The van der Waals surface area contributed by atoms with Crippen molar-refractivity contribution < 1.29 is 0 Å². The predicted molar refractivity (Wildman–Crippen MR) is 70.5 cm³/mol. The van der Waals surface area contributed by atoms with E-state index in [0.717, 1.165) is 0 Å². The van der Waals surface area contributed by atoms with Crippen LogP contribution in [0.4, 0.5) is 11.4 Å². The van der Waals surface area contributed by atoms with Crippen molar-refractivity contribution in [3.8, 4) is 0 Å². The molecule has 0 atom stereocenters. The van der Waals surface area contributed by atoms with Crippen LogP contribution in [0.15, 0.2) is 72.8 Å². The summed E-state index contributed by atoms with van der Waals surface area (Å²) in [6, 6.07) is 22.5. The fourth-order valence-electron chi connectivity index (χ4n) is 1.03. The molecule has 0 spiro atoms. The Morgan fingerprint density at radius 3 is 1.06 bits per heavy atom. The Labute approximate surface area is 96.2 Å². The van der Waals surface area contributed by atoms with Crippen LogP contribution in [-0.4, -0.2) is 0 Å². The molecular formula is C14H16N2. The van der Waals surface area contributed by atoms with Crippen LogP contribution in [0.25, 0.3) is 0 Å². The fourth-order valence-corrected chi connectivity index (χ4v) is 1.03. The van der Waals surface area contributed by atoms with Crippen LogP contribution in [0.5, 0.6) is 0 Å². The van der Waals surface area contributed by atoms with Gasteiger partial charge in [-0.05, 0) is 24.3 Å². The molecule has 0 saturated heterocycles. The van der Waals surface area contributed by atoms with Gasteiger partial charge in [0.05, 0.1) is 0 Å². The van der Waals surface area contributed by atoms with Crippen LogP contribution in [0.1, 0.15) is 0 Å². The van der Waals surface area contributed by atoms with Crippen LogP contribution in [0, 0.1) is 0 Å². The third-order valence-electron chi connectivity index (χ3n) is 1.82. The molecule has 16 heavy (non-hydrogen) atoms. The Hall–Kier alpha value is -2.22. The fraction of sp³-hybridized carbons (Fsp3) is 0. The molecule has 2 nitrogen and oxygen atoms in total. The highest BCUT2D eigenvalue weighted by Crippen LogP contribution is 1.96. The summed E-state index contributed by atoms with van der Waals surface area (Å²) in [5.74, 6) is 0. The summed E-state index contributed by atoms with van der Waals surface area (Å²) in [6.45, 7) is 0. The maximum Gasteiger partial charge on any atom is 0.0313 e. The minimum Gasteiger partial charge on any atom is -0.399 e. The lowest BCUT2D eigenvalue weighted by Gasteiger charge is -1.83. The number of anilines is 2. The van der Waals surface area contributed by atoms with E-state index in [2.05, 4.69) is 0 Å². The van der Waals surface area contributed by atoms with Gasteiger partial charge in [0.1, 0.15) is 0 Å². The summed E-state index contributed by atoms with van der Waals surface area (Å²) in [7, 11) is 0. The molecular weight excluding hydrogens is 196 g/mol. The Bertz CT molecular complexity index is 397. The van der Waals surface area contributed by atoms with E-state index < -0.39 is 0 Å². The number of rotatable bonds is 0. The van der Waals surface area contributed by atoms with Gasteiger partial charge in [-0.25, -0.2) is 0 Å². The summed E-state index contributed by atoms with van der Waals surface area (Å²) in [5.41, 5.74) is 12.8. The van der Waals surface area contributed by atoms with Crippen molar-refractivity contribution in [2.75, 3.05) is 11.5 Å². The van der Waals surface area contributed by atoms with Gasteiger partial charge in [-0.2, -0.15) is 0 Å². The van der Waals surface area contributed by atoms with Gasteiger partial charge in [-0.3, -0.25) is 0 Å². The molecule has 0 aliphatic heterocycles. The Morgan fingerprint density at radius 2 is 0.688 bits per heavy atom. The molecule has 0 fully saturated rings. The first-order valence-corrected chi connectivity index (χ1v) is 5.07. The number of nitrogens with two attached hydrogens (primary N) is 2. The number of nitrogen functional groups attached to an aromatic ring is 2. The number of hydrogen-bond acceptors (Lipinski definition) is 2. The molecule has 2 heteroatoms. The molecule has 0 saturated carbocycles. The zero-order chi connectivity index (χ0) is 11.6. The minimum atomic E-state index is 0.699. The maximum atomic E-state index is 5.72. The van der Waals surface area contributed by atoms with Crippen LogP contribution in [0.2, 0.25) is 0 Å². The third kappa shape index (κ3) is 5.50. The summed E-state index contributed by atoms with van der Waals surface area (Å²) in [5, 5.41) is 0. The van der Waals surface area contributed by atoms with Crippen molar-refractivity contribution in [3.63, 3.8) is 0 Å². The topological polar surface area (TPSA) is 52.0 Å². The molecule has 82 valence electrons. The van der Waals surface area contributed by atoms with Gasteiger partial charge in [-0.1, -0.05) is 48.5 Å². The molecule has 0 aliphatic rings. The average Bonchev–Trinajstić information content (AvgIpc) is 2.27. The zero-order valence-electron chi connectivity index (χ0n) is 9.08. The van der Waals surface area contributed by atoms with Crippen LogP contribution in [-0.2, 0) is 0 Å². The van der Waals surface area contributed by atoms with Crippen molar-refractivity contribution in [1.82, 2.24) is 0 Å². The quantitative estimate of drug-likeness (QED) is 0.694. The summed E-state index contributed by atoms with van der Waals surface area (Å²) in [6.07, 6.45) is 0. The van der Waals surface area contributed by atoms with Gasteiger partial charge in [-0.15, -0.1) is 0 Å². The van der Waals surface area contributed by atoms with Crippen molar-refractivity contribution in [2.45, 2.75) is 0 Å². The third-order valence-corrected chi connectivity index (χ3v) is 1.82. The highest BCUT2D eigenvalue weighted by atomic mass is 14.5. The zero-order valence-corrected chi connectivity index (χ0v) is 9.08. The molecule has 0 heterocycles. The van der Waals surface area contributed by atoms with E-state index in [1.165, 1.54) is 0 Å². The van der Waals surface area contributed by atoms with E-state index in [4.69, 9.17) is 11.5 Å². The van der Waals surface area contributed by atoms with Gasteiger partial charge in [0.2, 0.25) is 0 Å². The monoisotopic (exact) mass is 212 g/mol. The van der Waals surface area contributed by atoms with Gasteiger partial charge in [0.25, 0.3) is 0 Å². The molecule has 0 unspecified atom stereocenters. The smallest absolute Gasteiger partial charge is 0.0313 e. The van der Waals surface area contributed by atoms with E-state index in [0.29, 0.717) is 11.4 Å². The van der Waals surface area contributed by atoms with Crippen LogP contribution in [0.3, 0.4) is 0 Å². The first-order valence-electron chi connectivity index (χ1n) is 5.07. The molecule has 0 aliphatic carbocycles. The van der Waals surface area contributed by atoms with Gasteiger partial charge in [0.15, 0.2) is 0 Å². The van der Waals surface area contributed by atoms with Crippen molar-refractivity contribution in [2.24, 2.45) is 0 Å². The van der Waals surface area contributed by atoms with E-state index in [-0.39, 0.29) is 0 Å². The predicted octanol–water partition coefficient (Wildman–Crippen LogP) is 3.10. The standard InChI is InChI=1S/C14H16N2/c15-13-9-5-3-1-2-4-6-10-14(16)12-8-7-11-13/h1-12H,15-16H2. The molecule has 0 bridgehead atoms. The van der Waals surface area contributed by atoms with Crippen molar-refractivity contribution >= 4 is 11.4 Å². The highest BCUT2D eigenvalue weighted by Gasteiger charge is 1.72. The molecule has 1 aromatic rings. The van der Waals surface area contributed by atoms with Gasteiger partial charge >= 0.3 is 0 Å². The lowest BCUT2D eigenvalue weighted by molar-refractivity contribution is 1.69.